The van der Waals surface area contributed by atoms with Gasteiger partial charge in [-0.3, -0.25) is 14.9 Å². The minimum Gasteiger partial charge on any atom is -0.393 e. The number of amides is 1. The molecule has 0 spiro atoms. The van der Waals surface area contributed by atoms with Crippen LogP contribution in [0.15, 0.2) is 18.2 Å². The average Bonchev–Trinajstić information content (AvgIpc) is 2.26. The Labute approximate surface area is 99.2 Å². The Morgan fingerprint density at radius 3 is 2.65 bits per heavy atom. The Morgan fingerprint density at radius 2 is 2.12 bits per heavy atom. The summed E-state index contributed by atoms with van der Waals surface area (Å²) in [5.74, 6) is -0.00974. The lowest BCUT2D eigenvalue weighted by Gasteiger charge is -2.09. The Hall–Kier alpha value is -2.11. The van der Waals surface area contributed by atoms with Gasteiger partial charge in [-0.15, -0.1) is 0 Å². The second kappa shape index (κ2) is 5.29. The molecular formula is C11H15N3O3. The van der Waals surface area contributed by atoms with Gasteiger partial charge in [0.05, 0.1) is 4.92 Å². The minimum absolute atomic E-state index is 0.00974. The number of hydrogen-bond acceptors (Lipinski definition) is 4. The summed E-state index contributed by atoms with van der Waals surface area (Å²) < 4.78 is 0. The van der Waals surface area contributed by atoms with Crippen LogP contribution >= 0.6 is 0 Å². The van der Waals surface area contributed by atoms with E-state index in [1.165, 1.54) is 17.0 Å². The fraction of sp³-hybridized carbons (Fsp3) is 0.364. The van der Waals surface area contributed by atoms with E-state index in [-0.39, 0.29) is 17.3 Å². The van der Waals surface area contributed by atoms with Crippen molar-refractivity contribution < 1.29 is 9.72 Å². The van der Waals surface area contributed by atoms with Crippen LogP contribution < -0.4 is 5.73 Å². The first-order valence-corrected chi connectivity index (χ1v) is 5.14. The van der Waals surface area contributed by atoms with Crippen LogP contribution in [0, 0.1) is 10.1 Å². The molecule has 0 unspecified atom stereocenters. The summed E-state index contributed by atoms with van der Waals surface area (Å²) in [5.41, 5.74) is 6.24. The molecule has 0 aliphatic rings. The van der Waals surface area contributed by atoms with Crippen LogP contribution in [0.2, 0.25) is 0 Å². The molecule has 0 saturated carbocycles. The number of nitrogens with zero attached hydrogens (tertiary/aromatic N) is 2. The number of carbonyl (C=O) groups excluding carboxylic acids is 1. The normalized spacial score (nSPS) is 10.0. The second-order valence-electron chi connectivity index (χ2n) is 3.94. The van der Waals surface area contributed by atoms with Gasteiger partial charge < -0.3 is 10.6 Å². The summed E-state index contributed by atoms with van der Waals surface area (Å²) in [5, 5.41) is 10.7. The molecule has 0 fully saturated rings. The molecule has 1 amide bonds. The van der Waals surface area contributed by atoms with E-state index in [0.29, 0.717) is 12.8 Å². The Balaban J connectivity index is 2.76. The maximum absolute atomic E-state index is 11.4. The van der Waals surface area contributed by atoms with E-state index in [1.807, 2.05) is 0 Å². The minimum atomic E-state index is -0.521. The Morgan fingerprint density at radius 1 is 1.47 bits per heavy atom. The van der Waals surface area contributed by atoms with Gasteiger partial charge in [0, 0.05) is 26.6 Å². The molecule has 1 rings (SSSR count). The van der Waals surface area contributed by atoms with Crippen LogP contribution in [-0.4, -0.2) is 29.8 Å². The molecule has 0 radical (unpaired) electrons. The number of nitrogens with two attached hydrogens (primary N) is 1. The smallest absolute Gasteiger partial charge is 0.292 e. The number of nitrogen functional groups attached to an aromatic ring is 1. The molecule has 2 N–H and O–H groups in total. The number of rotatable bonds is 4. The number of hydrogen-bond donors (Lipinski definition) is 1. The molecule has 0 aliphatic carbocycles. The van der Waals surface area contributed by atoms with E-state index in [9.17, 15) is 14.9 Å². The van der Waals surface area contributed by atoms with Crippen LogP contribution in [0.4, 0.5) is 11.4 Å². The third-order valence-corrected chi connectivity index (χ3v) is 2.42. The van der Waals surface area contributed by atoms with Crippen LogP contribution in [0.3, 0.4) is 0 Å². The first-order valence-electron chi connectivity index (χ1n) is 5.14. The maximum atomic E-state index is 11.4. The number of carbonyl (C=O) groups is 1. The van der Waals surface area contributed by atoms with Gasteiger partial charge in [0.25, 0.3) is 5.69 Å². The van der Waals surface area contributed by atoms with Gasteiger partial charge in [-0.2, -0.15) is 0 Å². The van der Waals surface area contributed by atoms with Gasteiger partial charge in [-0.05, 0) is 18.1 Å². The molecule has 0 heterocycles. The number of benzene rings is 1. The van der Waals surface area contributed by atoms with Crippen molar-refractivity contribution >= 4 is 17.3 Å². The molecule has 92 valence electrons. The van der Waals surface area contributed by atoms with Crippen molar-refractivity contribution in [2.45, 2.75) is 12.8 Å². The first kappa shape index (κ1) is 13.0. The highest BCUT2D eigenvalue weighted by molar-refractivity contribution is 5.75. The largest absolute Gasteiger partial charge is 0.393 e. The van der Waals surface area contributed by atoms with Gasteiger partial charge in [0.1, 0.15) is 5.69 Å². The quantitative estimate of drug-likeness (QED) is 0.484. The van der Waals surface area contributed by atoms with E-state index in [1.54, 1.807) is 20.2 Å². The van der Waals surface area contributed by atoms with Crippen molar-refractivity contribution in [2.24, 2.45) is 0 Å². The highest BCUT2D eigenvalue weighted by Crippen LogP contribution is 2.22. The van der Waals surface area contributed by atoms with Crippen LogP contribution in [0.5, 0.6) is 0 Å². The number of nitro benzene ring substituents is 1. The summed E-state index contributed by atoms with van der Waals surface area (Å²) >= 11 is 0. The zero-order valence-corrected chi connectivity index (χ0v) is 9.84. The third kappa shape index (κ3) is 3.44. The van der Waals surface area contributed by atoms with Crippen LogP contribution in [0.1, 0.15) is 12.0 Å². The van der Waals surface area contributed by atoms with Gasteiger partial charge >= 0.3 is 0 Å². The van der Waals surface area contributed by atoms with Crippen molar-refractivity contribution in [1.82, 2.24) is 4.90 Å². The van der Waals surface area contributed by atoms with Gasteiger partial charge in [-0.1, -0.05) is 6.07 Å². The lowest BCUT2D eigenvalue weighted by molar-refractivity contribution is -0.384. The lowest BCUT2D eigenvalue weighted by atomic mass is 10.1. The monoisotopic (exact) mass is 237 g/mol. The first-order chi connectivity index (χ1) is 7.91. The highest BCUT2D eigenvalue weighted by atomic mass is 16.6. The molecule has 6 heteroatoms. The van der Waals surface area contributed by atoms with Crippen molar-refractivity contribution in [3.63, 3.8) is 0 Å². The number of anilines is 1. The molecule has 0 bridgehead atoms. The van der Waals surface area contributed by atoms with Crippen molar-refractivity contribution in [1.29, 1.82) is 0 Å². The molecule has 6 nitrogen and oxygen atoms in total. The SMILES string of the molecule is CN(C)C(=O)CCc1ccc(N)c([N+](=O)[O-])c1. The van der Waals surface area contributed by atoms with Crippen molar-refractivity contribution in [3.05, 3.63) is 33.9 Å². The molecule has 0 atom stereocenters. The van der Waals surface area contributed by atoms with Gasteiger partial charge in [0.2, 0.25) is 5.91 Å². The van der Waals surface area contributed by atoms with Crippen molar-refractivity contribution in [2.75, 3.05) is 19.8 Å². The molecular weight excluding hydrogens is 222 g/mol. The molecule has 1 aromatic rings. The molecule has 1 aromatic carbocycles. The second-order valence-corrected chi connectivity index (χ2v) is 3.94. The zero-order chi connectivity index (χ0) is 13.0. The fourth-order valence-corrected chi connectivity index (χ4v) is 1.38. The van der Waals surface area contributed by atoms with E-state index in [2.05, 4.69) is 0 Å². The van der Waals surface area contributed by atoms with E-state index in [4.69, 9.17) is 5.73 Å². The fourth-order valence-electron chi connectivity index (χ4n) is 1.38. The maximum Gasteiger partial charge on any atom is 0.292 e. The lowest BCUT2D eigenvalue weighted by Crippen LogP contribution is -2.21. The van der Waals surface area contributed by atoms with Gasteiger partial charge in [-0.25, -0.2) is 0 Å². The van der Waals surface area contributed by atoms with E-state index >= 15 is 0 Å². The predicted octanol–water partition coefficient (Wildman–Crippen LogP) is 1.20. The molecule has 0 aromatic heterocycles. The molecule has 0 aliphatic heterocycles. The number of nitro groups is 1. The summed E-state index contributed by atoms with van der Waals surface area (Å²) in [6.45, 7) is 0. The zero-order valence-electron chi connectivity index (χ0n) is 9.84. The van der Waals surface area contributed by atoms with E-state index in [0.717, 1.165) is 5.56 Å². The molecule has 0 saturated heterocycles. The Bertz CT molecular complexity index is 444. The van der Waals surface area contributed by atoms with Gasteiger partial charge in [0.15, 0.2) is 0 Å². The average molecular weight is 237 g/mol. The number of aryl methyl sites for hydroxylation is 1. The summed E-state index contributed by atoms with van der Waals surface area (Å²) in [6.07, 6.45) is 0.798. The van der Waals surface area contributed by atoms with E-state index < -0.39 is 4.92 Å². The standard InChI is InChI=1S/C11H15N3O3/c1-13(2)11(15)6-4-8-3-5-9(12)10(7-8)14(16)17/h3,5,7H,4,6,12H2,1-2H3. The summed E-state index contributed by atoms with van der Waals surface area (Å²) in [7, 11) is 3.35. The van der Waals surface area contributed by atoms with Crippen molar-refractivity contribution in [3.8, 4) is 0 Å². The highest BCUT2D eigenvalue weighted by Gasteiger charge is 2.12. The summed E-state index contributed by atoms with van der Waals surface area (Å²) in [4.78, 5) is 23.0. The Kier molecular flexibility index (Phi) is 4.03. The molecule has 17 heavy (non-hydrogen) atoms. The predicted molar refractivity (Wildman–Crippen MR) is 64.5 cm³/mol. The third-order valence-electron chi connectivity index (χ3n) is 2.42. The summed E-state index contributed by atoms with van der Waals surface area (Å²) in [6, 6.07) is 4.61. The van der Waals surface area contributed by atoms with Crippen LogP contribution in [-0.2, 0) is 11.2 Å². The van der Waals surface area contributed by atoms with Crippen LogP contribution in [0.25, 0.3) is 0 Å². The topological polar surface area (TPSA) is 89.5 Å².